The van der Waals surface area contributed by atoms with E-state index in [1.807, 2.05) is 39.0 Å². The number of benzene rings is 2. The lowest BCUT2D eigenvalue weighted by Gasteiger charge is -2.19. The Kier molecular flexibility index (Phi) is 5.66. The molecular weight excluding hydrogens is 298 g/mol. The average molecular weight is 325 g/mol. The molecule has 0 aromatic heterocycles. The van der Waals surface area contributed by atoms with Crippen molar-refractivity contribution in [2.75, 3.05) is 5.32 Å². The van der Waals surface area contributed by atoms with Crippen LogP contribution >= 0.6 is 0 Å². The molecule has 0 bridgehead atoms. The highest BCUT2D eigenvalue weighted by atomic mass is 16.5. The molecule has 0 aliphatic rings. The number of amides is 1. The SMILES string of the molecule is Cc1cc(C)cc(NC(=O)C(C)Oc2cc(C)ccc2C(C)C)c1. The number of carbonyl (C=O) groups excluding carboxylic acids is 1. The molecule has 3 nitrogen and oxygen atoms in total. The Morgan fingerprint density at radius 1 is 0.917 bits per heavy atom. The number of hydrogen-bond acceptors (Lipinski definition) is 2. The van der Waals surface area contributed by atoms with Gasteiger partial charge in [0.2, 0.25) is 0 Å². The Balaban J connectivity index is 2.13. The van der Waals surface area contributed by atoms with E-state index in [9.17, 15) is 4.79 Å². The third-order valence-corrected chi connectivity index (χ3v) is 3.95. The largest absolute Gasteiger partial charge is 0.481 e. The van der Waals surface area contributed by atoms with Gasteiger partial charge in [0, 0.05) is 5.69 Å². The smallest absolute Gasteiger partial charge is 0.265 e. The molecule has 0 spiro atoms. The maximum atomic E-state index is 12.5. The van der Waals surface area contributed by atoms with E-state index in [1.165, 1.54) is 0 Å². The van der Waals surface area contributed by atoms with Gasteiger partial charge >= 0.3 is 0 Å². The fraction of sp³-hybridized carbons (Fsp3) is 0.381. The van der Waals surface area contributed by atoms with Crippen molar-refractivity contribution in [3.8, 4) is 5.75 Å². The zero-order valence-electron chi connectivity index (χ0n) is 15.4. The first-order valence-electron chi connectivity index (χ1n) is 8.42. The monoisotopic (exact) mass is 325 g/mol. The highest BCUT2D eigenvalue weighted by molar-refractivity contribution is 5.94. The van der Waals surface area contributed by atoms with Gasteiger partial charge in [0.1, 0.15) is 5.75 Å². The number of ether oxygens (including phenoxy) is 1. The first-order valence-corrected chi connectivity index (χ1v) is 8.42. The van der Waals surface area contributed by atoms with E-state index in [2.05, 4.69) is 37.4 Å². The van der Waals surface area contributed by atoms with Crippen LogP contribution in [0.5, 0.6) is 5.75 Å². The summed E-state index contributed by atoms with van der Waals surface area (Å²) in [6.45, 7) is 12.1. The first kappa shape index (κ1) is 18.1. The summed E-state index contributed by atoms with van der Waals surface area (Å²) in [4.78, 5) is 12.5. The predicted octanol–water partition coefficient (Wildman–Crippen LogP) is 5.14. The highest BCUT2D eigenvalue weighted by Gasteiger charge is 2.18. The topological polar surface area (TPSA) is 38.3 Å². The van der Waals surface area contributed by atoms with Gasteiger partial charge in [0.15, 0.2) is 6.10 Å². The molecule has 1 unspecified atom stereocenters. The molecule has 2 aromatic rings. The van der Waals surface area contributed by atoms with Crippen molar-refractivity contribution >= 4 is 11.6 Å². The maximum absolute atomic E-state index is 12.5. The van der Waals surface area contributed by atoms with E-state index >= 15 is 0 Å². The molecule has 1 atom stereocenters. The third kappa shape index (κ3) is 4.60. The summed E-state index contributed by atoms with van der Waals surface area (Å²) >= 11 is 0. The van der Waals surface area contributed by atoms with Gasteiger partial charge in [-0.05, 0) is 74.1 Å². The van der Waals surface area contributed by atoms with Crippen molar-refractivity contribution in [3.63, 3.8) is 0 Å². The van der Waals surface area contributed by atoms with Crippen LogP contribution in [0.25, 0.3) is 0 Å². The van der Waals surface area contributed by atoms with Crippen LogP contribution in [0.2, 0.25) is 0 Å². The summed E-state index contributed by atoms with van der Waals surface area (Å²) < 4.78 is 5.97. The molecule has 24 heavy (non-hydrogen) atoms. The van der Waals surface area contributed by atoms with Crippen molar-refractivity contribution in [1.82, 2.24) is 0 Å². The molecule has 1 amide bonds. The quantitative estimate of drug-likeness (QED) is 0.826. The van der Waals surface area contributed by atoms with Crippen molar-refractivity contribution in [3.05, 3.63) is 58.7 Å². The van der Waals surface area contributed by atoms with Crippen LogP contribution in [0.3, 0.4) is 0 Å². The van der Waals surface area contributed by atoms with Gasteiger partial charge < -0.3 is 10.1 Å². The number of nitrogens with one attached hydrogen (secondary N) is 1. The minimum Gasteiger partial charge on any atom is -0.481 e. The van der Waals surface area contributed by atoms with Crippen LogP contribution in [0, 0.1) is 20.8 Å². The zero-order valence-corrected chi connectivity index (χ0v) is 15.4. The van der Waals surface area contributed by atoms with Gasteiger partial charge in [-0.15, -0.1) is 0 Å². The van der Waals surface area contributed by atoms with E-state index in [-0.39, 0.29) is 5.91 Å². The molecule has 2 aromatic carbocycles. The Morgan fingerprint density at radius 3 is 2.12 bits per heavy atom. The van der Waals surface area contributed by atoms with E-state index in [1.54, 1.807) is 6.92 Å². The highest BCUT2D eigenvalue weighted by Crippen LogP contribution is 2.28. The van der Waals surface area contributed by atoms with Gasteiger partial charge in [-0.25, -0.2) is 0 Å². The number of rotatable bonds is 5. The van der Waals surface area contributed by atoms with Crippen LogP contribution in [0.15, 0.2) is 36.4 Å². The minimum absolute atomic E-state index is 0.142. The minimum atomic E-state index is -0.565. The summed E-state index contributed by atoms with van der Waals surface area (Å²) in [5.74, 6) is 0.986. The molecule has 0 aliphatic carbocycles. The summed E-state index contributed by atoms with van der Waals surface area (Å²) in [5, 5.41) is 2.94. The van der Waals surface area contributed by atoms with Crippen molar-refractivity contribution in [2.24, 2.45) is 0 Å². The lowest BCUT2D eigenvalue weighted by Crippen LogP contribution is -2.30. The van der Waals surface area contributed by atoms with Gasteiger partial charge in [-0.2, -0.15) is 0 Å². The van der Waals surface area contributed by atoms with Gasteiger partial charge in [0.05, 0.1) is 0 Å². The number of aryl methyl sites for hydroxylation is 3. The Bertz CT molecular complexity index is 714. The number of hydrogen-bond donors (Lipinski definition) is 1. The summed E-state index contributed by atoms with van der Waals surface area (Å²) in [6.07, 6.45) is -0.565. The first-order chi connectivity index (χ1) is 11.3. The maximum Gasteiger partial charge on any atom is 0.265 e. The lowest BCUT2D eigenvalue weighted by molar-refractivity contribution is -0.122. The number of anilines is 1. The van der Waals surface area contributed by atoms with E-state index in [0.717, 1.165) is 33.7 Å². The Labute approximate surface area is 145 Å². The zero-order chi connectivity index (χ0) is 17.9. The molecule has 128 valence electrons. The third-order valence-electron chi connectivity index (χ3n) is 3.95. The second kappa shape index (κ2) is 7.52. The fourth-order valence-electron chi connectivity index (χ4n) is 2.76. The van der Waals surface area contributed by atoms with Crippen LogP contribution in [0.1, 0.15) is 48.9 Å². The standard InChI is InChI=1S/C21H27NO2/c1-13(2)19-8-7-14(3)12-20(19)24-17(6)21(23)22-18-10-15(4)9-16(5)11-18/h7-13,17H,1-6H3,(H,22,23). The molecule has 2 rings (SSSR count). The normalized spacial score (nSPS) is 12.1. The molecule has 0 aliphatic heterocycles. The van der Waals surface area contributed by atoms with Crippen LogP contribution in [0.4, 0.5) is 5.69 Å². The van der Waals surface area contributed by atoms with Gasteiger partial charge in [-0.1, -0.05) is 32.0 Å². The summed E-state index contributed by atoms with van der Waals surface area (Å²) in [6, 6.07) is 12.1. The number of carbonyl (C=O) groups is 1. The van der Waals surface area contributed by atoms with E-state index in [0.29, 0.717) is 5.92 Å². The predicted molar refractivity (Wildman–Crippen MR) is 99.9 cm³/mol. The summed E-state index contributed by atoms with van der Waals surface area (Å²) in [5.41, 5.74) is 5.29. The molecule has 0 heterocycles. The van der Waals surface area contributed by atoms with E-state index < -0.39 is 6.10 Å². The average Bonchev–Trinajstić information content (AvgIpc) is 2.45. The molecule has 3 heteroatoms. The van der Waals surface area contributed by atoms with E-state index in [4.69, 9.17) is 4.74 Å². The molecular formula is C21H27NO2. The van der Waals surface area contributed by atoms with Crippen LogP contribution in [-0.4, -0.2) is 12.0 Å². The van der Waals surface area contributed by atoms with Crippen molar-refractivity contribution < 1.29 is 9.53 Å². The Morgan fingerprint density at radius 2 is 1.54 bits per heavy atom. The second-order valence-electron chi connectivity index (χ2n) is 6.82. The second-order valence-corrected chi connectivity index (χ2v) is 6.82. The molecule has 0 saturated heterocycles. The molecule has 0 saturated carbocycles. The summed E-state index contributed by atoms with van der Waals surface area (Å²) in [7, 11) is 0. The van der Waals surface area contributed by atoms with Gasteiger partial charge in [0.25, 0.3) is 5.91 Å². The fourth-order valence-corrected chi connectivity index (χ4v) is 2.76. The van der Waals surface area contributed by atoms with Crippen LogP contribution < -0.4 is 10.1 Å². The van der Waals surface area contributed by atoms with Gasteiger partial charge in [-0.3, -0.25) is 4.79 Å². The Hall–Kier alpha value is -2.29. The van der Waals surface area contributed by atoms with Crippen molar-refractivity contribution in [2.45, 2.75) is 53.6 Å². The molecule has 1 N–H and O–H groups in total. The van der Waals surface area contributed by atoms with Crippen LogP contribution in [-0.2, 0) is 4.79 Å². The molecule has 0 radical (unpaired) electrons. The lowest BCUT2D eigenvalue weighted by atomic mass is 10.0. The molecule has 0 fully saturated rings. The van der Waals surface area contributed by atoms with Crippen molar-refractivity contribution in [1.29, 1.82) is 0 Å².